The maximum atomic E-state index is 5.94. The molecule has 0 radical (unpaired) electrons. The zero-order chi connectivity index (χ0) is 12.2. The fourth-order valence-electron chi connectivity index (χ4n) is 1.46. The molecule has 0 bridgehead atoms. The van der Waals surface area contributed by atoms with Crippen molar-refractivity contribution in [3.05, 3.63) is 34.9 Å². The van der Waals surface area contributed by atoms with Gasteiger partial charge < -0.3 is 11.1 Å². The first-order chi connectivity index (χ1) is 7.48. The van der Waals surface area contributed by atoms with Crippen molar-refractivity contribution < 1.29 is 0 Å². The van der Waals surface area contributed by atoms with E-state index in [1.165, 1.54) is 5.56 Å². The van der Waals surface area contributed by atoms with Gasteiger partial charge in [0.15, 0.2) is 0 Å². The highest BCUT2D eigenvalue weighted by Gasteiger charge is 2.25. The van der Waals surface area contributed by atoms with E-state index in [1.807, 2.05) is 18.2 Å². The van der Waals surface area contributed by atoms with Crippen LogP contribution in [0.4, 0.5) is 0 Å². The van der Waals surface area contributed by atoms with Gasteiger partial charge in [-0.25, -0.2) is 0 Å². The Hall–Kier alpha value is -0.280. The van der Waals surface area contributed by atoms with Gasteiger partial charge in [0, 0.05) is 23.7 Å². The molecule has 1 aromatic carbocycles. The van der Waals surface area contributed by atoms with Gasteiger partial charge in [0.2, 0.25) is 0 Å². The van der Waals surface area contributed by atoms with Gasteiger partial charge in [-0.15, -0.1) is 12.4 Å². The Morgan fingerprint density at radius 1 is 1.41 bits per heavy atom. The molecule has 4 heteroatoms. The molecule has 0 aliphatic rings. The minimum absolute atomic E-state index is 0. The molecule has 1 atom stereocenters. The van der Waals surface area contributed by atoms with Crippen LogP contribution in [0.2, 0.25) is 5.02 Å². The molecule has 0 aliphatic heterocycles. The standard InChI is InChI=1S/C13H21ClN2.ClH/c1-10(2)13(3,9-15)16-8-11-5-4-6-12(14)7-11;/h4-7,10,16H,8-9,15H2,1-3H3;1H. The Morgan fingerprint density at radius 3 is 2.53 bits per heavy atom. The molecule has 98 valence electrons. The van der Waals surface area contributed by atoms with E-state index in [-0.39, 0.29) is 17.9 Å². The zero-order valence-corrected chi connectivity index (χ0v) is 12.2. The first kappa shape index (κ1) is 16.7. The second-order valence-electron chi connectivity index (χ2n) is 4.76. The van der Waals surface area contributed by atoms with Gasteiger partial charge in [0.05, 0.1) is 0 Å². The topological polar surface area (TPSA) is 38.0 Å². The van der Waals surface area contributed by atoms with Crippen LogP contribution in [0.1, 0.15) is 26.3 Å². The van der Waals surface area contributed by atoms with Gasteiger partial charge in [-0.2, -0.15) is 0 Å². The minimum atomic E-state index is -0.0255. The van der Waals surface area contributed by atoms with E-state index in [2.05, 4.69) is 32.2 Å². The molecule has 3 N–H and O–H groups in total. The fraction of sp³-hybridized carbons (Fsp3) is 0.538. The van der Waals surface area contributed by atoms with E-state index in [1.54, 1.807) is 0 Å². The highest BCUT2D eigenvalue weighted by molar-refractivity contribution is 6.30. The van der Waals surface area contributed by atoms with Crippen molar-refractivity contribution in [1.82, 2.24) is 5.32 Å². The molecular weight excluding hydrogens is 255 g/mol. The molecule has 0 heterocycles. The number of nitrogens with one attached hydrogen (secondary N) is 1. The lowest BCUT2D eigenvalue weighted by Gasteiger charge is -2.33. The van der Waals surface area contributed by atoms with E-state index >= 15 is 0 Å². The van der Waals surface area contributed by atoms with Crippen LogP contribution < -0.4 is 11.1 Å². The van der Waals surface area contributed by atoms with Crippen LogP contribution in [0.15, 0.2) is 24.3 Å². The molecule has 0 aromatic heterocycles. The smallest absolute Gasteiger partial charge is 0.0409 e. The van der Waals surface area contributed by atoms with Gasteiger partial charge in [0.25, 0.3) is 0 Å². The molecule has 0 spiro atoms. The minimum Gasteiger partial charge on any atom is -0.329 e. The molecule has 17 heavy (non-hydrogen) atoms. The summed E-state index contributed by atoms with van der Waals surface area (Å²) in [5.74, 6) is 0.497. The van der Waals surface area contributed by atoms with Crippen molar-refractivity contribution in [3.63, 3.8) is 0 Å². The third-order valence-corrected chi connectivity index (χ3v) is 3.52. The summed E-state index contributed by atoms with van der Waals surface area (Å²) in [6, 6.07) is 7.89. The summed E-state index contributed by atoms with van der Waals surface area (Å²) in [5.41, 5.74) is 6.98. The van der Waals surface area contributed by atoms with Crippen molar-refractivity contribution in [3.8, 4) is 0 Å². The Labute approximate surface area is 115 Å². The molecule has 0 saturated carbocycles. The number of benzene rings is 1. The number of hydrogen-bond donors (Lipinski definition) is 2. The van der Waals surface area contributed by atoms with E-state index in [0.29, 0.717) is 12.5 Å². The number of rotatable bonds is 5. The first-order valence-corrected chi connectivity index (χ1v) is 6.05. The van der Waals surface area contributed by atoms with Crippen LogP contribution in [-0.4, -0.2) is 12.1 Å². The van der Waals surface area contributed by atoms with Gasteiger partial charge in [-0.05, 0) is 30.5 Å². The Balaban J connectivity index is 0.00000256. The molecule has 1 rings (SSSR count). The summed E-state index contributed by atoms with van der Waals surface area (Å²) in [6.45, 7) is 7.94. The number of hydrogen-bond acceptors (Lipinski definition) is 2. The average molecular weight is 277 g/mol. The maximum absolute atomic E-state index is 5.94. The lowest BCUT2D eigenvalue weighted by molar-refractivity contribution is 0.267. The predicted molar refractivity (Wildman–Crippen MR) is 77.8 cm³/mol. The third-order valence-electron chi connectivity index (χ3n) is 3.28. The predicted octanol–water partition coefficient (Wildman–Crippen LogP) is 3.22. The highest BCUT2D eigenvalue weighted by atomic mass is 35.5. The quantitative estimate of drug-likeness (QED) is 0.867. The molecule has 1 unspecified atom stereocenters. The van der Waals surface area contributed by atoms with Crippen LogP contribution in [0.25, 0.3) is 0 Å². The fourth-order valence-corrected chi connectivity index (χ4v) is 1.68. The van der Waals surface area contributed by atoms with Gasteiger partial charge in [-0.3, -0.25) is 0 Å². The zero-order valence-electron chi connectivity index (χ0n) is 10.7. The summed E-state index contributed by atoms with van der Waals surface area (Å²) in [7, 11) is 0. The Bertz CT molecular complexity index is 342. The van der Waals surface area contributed by atoms with Crippen molar-refractivity contribution >= 4 is 24.0 Å². The highest BCUT2D eigenvalue weighted by Crippen LogP contribution is 2.17. The van der Waals surface area contributed by atoms with Gasteiger partial charge >= 0.3 is 0 Å². The van der Waals surface area contributed by atoms with Crippen LogP contribution in [-0.2, 0) is 6.54 Å². The molecule has 0 aliphatic carbocycles. The number of nitrogens with two attached hydrogens (primary N) is 1. The Kier molecular flexibility index (Phi) is 7.10. The summed E-state index contributed by atoms with van der Waals surface area (Å²) < 4.78 is 0. The van der Waals surface area contributed by atoms with Crippen LogP contribution in [0, 0.1) is 5.92 Å². The second-order valence-corrected chi connectivity index (χ2v) is 5.20. The van der Waals surface area contributed by atoms with Crippen molar-refractivity contribution in [1.29, 1.82) is 0 Å². The monoisotopic (exact) mass is 276 g/mol. The van der Waals surface area contributed by atoms with E-state index in [0.717, 1.165) is 11.6 Å². The van der Waals surface area contributed by atoms with Crippen LogP contribution >= 0.6 is 24.0 Å². The van der Waals surface area contributed by atoms with E-state index < -0.39 is 0 Å². The van der Waals surface area contributed by atoms with Crippen LogP contribution in [0.5, 0.6) is 0 Å². The van der Waals surface area contributed by atoms with Crippen molar-refractivity contribution in [2.75, 3.05) is 6.54 Å². The lowest BCUT2D eigenvalue weighted by Crippen LogP contribution is -2.52. The average Bonchev–Trinajstić information content (AvgIpc) is 2.26. The molecule has 0 saturated heterocycles. The third kappa shape index (κ3) is 4.84. The van der Waals surface area contributed by atoms with Crippen molar-refractivity contribution in [2.45, 2.75) is 32.9 Å². The molecule has 2 nitrogen and oxygen atoms in total. The summed E-state index contributed by atoms with van der Waals surface area (Å²) in [4.78, 5) is 0. The Morgan fingerprint density at radius 2 is 2.06 bits per heavy atom. The molecule has 0 fully saturated rings. The lowest BCUT2D eigenvalue weighted by atomic mass is 9.88. The molecular formula is C13H22Cl2N2. The number of halogens is 2. The molecule has 1 aromatic rings. The van der Waals surface area contributed by atoms with Gasteiger partial charge in [-0.1, -0.05) is 37.6 Å². The first-order valence-electron chi connectivity index (χ1n) is 5.67. The van der Waals surface area contributed by atoms with Crippen LogP contribution in [0.3, 0.4) is 0 Å². The summed E-state index contributed by atoms with van der Waals surface area (Å²) >= 11 is 5.94. The summed E-state index contributed by atoms with van der Waals surface area (Å²) in [6.07, 6.45) is 0. The van der Waals surface area contributed by atoms with Crippen molar-refractivity contribution in [2.24, 2.45) is 11.7 Å². The normalized spacial score (nSPS) is 14.2. The van der Waals surface area contributed by atoms with Gasteiger partial charge in [0.1, 0.15) is 0 Å². The second kappa shape index (κ2) is 7.22. The largest absolute Gasteiger partial charge is 0.329 e. The maximum Gasteiger partial charge on any atom is 0.0409 e. The molecule has 0 amide bonds. The van der Waals surface area contributed by atoms with E-state index in [9.17, 15) is 0 Å². The SMILES string of the molecule is CC(C)C(C)(CN)NCc1cccc(Cl)c1.Cl. The summed E-state index contributed by atoms with van der Waals surface area (Å²) in [5, 5.41) is 4.28. The van der Waals surface area contributed by atoms with E-state index in [4.69, 9.17) is 17.3 Å².